The van der Waals surface area contributed by atoms with Crippen LogP contribution in [0.3, 0.4) is 0 Å². The molecule has 1 aromatic carbocycles. The number of H-pyrrole nitrogens is 1. The van der Waals surface area contributed by atoms with Crippen LogP contribution in [-0.2, 0) is 0 Å². The lowest BCUT2D eigenvalue weighted by Gasteiger charge is -2.16. The third kappa shape index (κ3) is 2.82. The van der Waals surface area contributed by atoms with Crippen molar-refractivity contribution in [1.82, 2.24) is 20.1 Å². The zero-order valence-electron chi connectivity index (χ0n) is 13.4. The molecule has 3 aromatic rings. The van der Waals surface area contributed by atoms with Crippen LogP contribution in [0.25, 0.3) is 10.9 Å². The number of benzene rings is 1. The molecule has 1 aliphatic heterocycles. The Labute approximate surface area is 139 Å². The second kappa shape index (κ2) is 5.96. The number of fused-ring (bicyclic) bond motifs is 1. The number of aromatic amines is 1. The minimum Gasteiger partial charge on any atom is -0.471 e. The molecule has 0 radical (unpaired) electrons. The van der Waals surface area contributed by atoms with Gasteiger partial charge < -0.3 is 14.6 Å². The van der Waals surface area contributed by atoms with Gasteiger partial charge in [-0.25, -0.2) is 0 Å². The third-order valence-corrected chi connectivity index (χ3v) is 4.25. The van der Waals surface area contributed by atoms with E-state index in [2.05, 4.69) is 15.2 Å². The van der Waals surface area contributed by atoms with Gasteiger partial charge in [0.25, 0.3) is 5.91 Å². The predicted molar refractivity (Wildman–Crippen MR) is 90.0 cm³/mol. The largest absolute Gasteiger partial charge is 0.471 e. The van der Waals surface area contributed by atoms with Crippen molar-refractivity contribution in [2.75, 3.05) is 13.1 Å². The van der Waals surface area contributed by atoms with Crippen molar-refractivity contribution in [3.8, 4) is 5.88 Å². The summed E-state index contributed by atoms with van der Waals surface area (Å²) in [7, 11) is 0. The standard InChI is InChI=1S/C18H18N4O2/c1-12-6-7-17(21-20-12)24-14-8-9-22(11-14)18(23)16-10-13-4-2-3-5-15(13)19-16/h2-7,10,14,19H,8-9,11H2,1H3. The first-order valence-corrected chi connectivity index (χ1v) is 8.03. The number of hydrogen-bond donors (Lipinski definition) is 1. The molecule has 3 heterocycles. The molecule has 1 fully saturated rings. The molecule has 1 saturated heterocycles. The molecule has 122 valence electrons. The number of hydrogen-bond acceptors (Lipinski definition) is 4. The Morgan fingerprint density at radius 2 is 2.12 bits per heavy atom. The number of carbonyl (C=O) groups excluding carboxylic acids is 1. The Bertz CT molecular complexity index is 839. The molecule has 0 aliphatic carbocycles. The maximum absolute atomic E-state index is 12.7. The fourth-order valence-corrected chi connectivity index (χ4v) is 2.99. The Balaban J connectivity index is 1.44. The first-order chi connectivity index (χ1) is 11.7. The maximum atomic E-state index is 12.7. The predicted octanol–water partition coefficient (Wildman–Crippen LogP) is 2.56. The highest BCUT2D eigenvalue weighted by molar-refractivity contribution is 5.98. The normalized spacial score (nSPS) is 17.4. The van der Waals surface area contributed by atoms with Gasteiger partial charge in [0.05, 0.1) is 12.2 Å². The van der Waals surface area contributed by atoms with Gasteiger partial charge >= 0.3 is 0 Å². The number of likely N-dealkylation sites (tertiary alicyclic amines) is 1. The highest BCUT2D eigenvalue weighted by Crippen LogP contribution is 2.20. The summed E-state index contributed by atoms with van der Waals surface area (Å²) in [6, 6.07) is 13.5. The summed E-state index contributed by atoms with van der Waals surface area (Å²) in [6.45, 7) is 3.12. The monoisotopic (exact) mass is 322 g/mol. The topological polar surface area (TPSA) is 71.1 Å². The molecule has 1 N–H and O–H groups in total. The molecule has 1 unspecified atom stereocenters. The van der Waals surface area contributed by atoms with Crippen molar-refractivity contribution in [2.24, 2.45) is 0 Å². The lowest BCUT2D eigenvalue weighted by Crippen LogP contribution is -2.31. The van der Waals surface area contributed by atoms with Crippen LogP contribution < -0.4 is 4.74 Å². The number of rotatable bonds is 3. The lowest BCUT2D eigenvalue weighted by molar-refractivity contribution is 0.0766. The van der Waals surface area contributed by atoms with Gasteiger partial charge in [0.1, 0.15) is 11.8 Å². The van der Waals surface area contributed by atoms with Crippen LogP contribution in [0.4, 0.5) is 0 Å². The maximum Gasteiger partial charge on any atom is 0.270 e. The summed E-state index contributed by atoms with van der Waals surface area (Å²) in [5.74, 6) is 0.512. The third-order valence-electron chi connectivity index (χ3n) is 4.25. The van der Waals surface area contributed by atoms with E-state index in [1.165, 1.54) is 0 Å². The van der Waals surface area contributed by atoms with Crippen molar-refractivity contribution in [2.45, 2.75) is 19.4 Å². The molecule has 1 atom stereocenters. The summed E-state index contributed by atoms with van der Waals surface area (Å²) in [4.78, 5) is 17.7. The van der Waals surface area contributed by atoms with Gasteiger partial charge in [-0.1, -0.05) is 18.2 Å². The Morgan fingerprint density at radius 1 is 1.25 bits per heavy atom. The fourth-order valence-electron chi connectivity index (χ4n) is 2.99. The number of ether oxygens (including phenoxy) is 1. The van der Waals surface area contributed by atoms with E-state index in [0.717, 1.165) is 23.0 Å². The molecule has 6 heteroatoms. The molecule has 1 aliphatic rings. The smallest absolute Gasteiger partial charge is 0.270 e. The fraction of sp³-hybridized carbons (Fsp3) is 0.278. The summed E-state index contributed by atoms with van der Waals surface area (Å²) in [5.41, 5.74) is 2.44. The number of amides is 1. The van der Waals surface area contributed by atoms with Crippen LogP contribution in [0, 0.1) is 6.92 Å². The number of nitrogens with zero attached hydrogens (tertiary/aromatic N) is 3. The number of para-hydroxylation sites is 1. The summed E-state index contributed by atoms with van der Waals surface area (Å²) < 4.78 is 5.83. The molecule has 0 saturated carbocycles. The van der Waals surface area contributed by atoms with Crippen molar-refractivity contribution in [1.29, 1.82) is 0 Å². The Hall–Kier alpha value is -2.89. The molecule has 24 heavy (non-hydrogen) atoms. The molecule has 0 spiro atoms. The van der Waals surface area contributed by atoms with Crippen molar-refractivity contribution >= 4 is 16.8 Å². The van der Waals surface area contributed by atoms with Crippen LogP contribution in [0.5, 0.6) is 5.88 Å². The van der Waals surface area contributed by atoms with Crippen LogP contribution in [0.15, 0.2) is 42.5 Å². The Morgan fingerprint density at radius 3 is 2.92 bits per heavy atom. The van der Waals surface area contributed by atoms with E-state index in [-0.39, 0.29) is 12.0 Å². The second-order valence-electron chi connectivity index (χ2n) is 6.06. The first kappa shape index (κ1) is 14.7. The average Bonchev–Trinajstić information content (AvgIpc) is 3.23. The van der Waals surface area contributed by atoms with Gasteiger partial charge in [0, 0.05) is 29.9 Å². The van der Waals surface area contributed by atoms with Crippen molar-refractivity contribution in [3.05, 3.63) is 53.9 Å². The van der Waals surface area contributed by atoms with Crippen molar-refractivity contribution in [3.63, 3.8) is 0 Å². The van der Waals surface area contributed by atoms with E-state index >= 15 is 0 Å². The zero-order valence-corrected chi connectivity index (χ0v) is 13.4. The van der Waals surface area contributed by atoms with Gasteiger partial charge in [0.2, 0.25) is 5.88 Å². The number of nitrogens with one attached hydrogen (secondary N) is 1. The van der Waals surface area contributed by atoms with E-state index in [0.29, 0.717) is 24.7 Å². The van der Waals surface area contributed by atoms with E-state index in [1.807, 2.05) is 54.3 Å². The molecular weight excluding hydrogens is 304 g/mol. The SMILES string of the molecule is Cc1ccc(OC2CCN(C(=O)c3cc4ccccc4[nH]3)C2)nn1. The van der Waals surface area contributed by atoms with Crippen molar-refractivity contribution < 1.29 is 9.53 Å². The van der Waals surface area contributed by atoms with E-state index in [1.54, 1.807) is 0 Å². The molecule has 4 rings (SSSR count). The number of aromatic nitrogens is 3. The highest BCUT2D eigenvalue weighted by Gasteiger charge is 2.29. The average molecular weight is 322 g/mol. The van der Waals surface area contributed by atoms with Gasteiger partial charge in [-0.2, -0.15) is 5.10 Å². The van der Waals surface area contributed by atoms with Gasteiger partial charge in [-0.3, -0.25) is 4.79 Å². The molecule has 1 amide bonds. The Kier molecular flexibility index (Phi) is 3.65. The number of carbonyl (C=O) groups is 1. The lowest BCUT2D eigenvalue weighted by atomic mass is 10.2. The van der Waals surface area contributed by atoms with Gasteiger partial charge in [-0.05, 0) is 25.1 Å². The van der Waals surface area contributed by atoms with E-state index in [4.69, 9.17) is 4.74 Å². The number of aryl methyl sites for hydroxylation is 1. The summed E-state index contributed by atoms with van der Waals surface area (Å²) in [5, 5.41) is 9.05. The zero-order chi connectivity index (χ0) is 16.5. The second-order valence-corrected chi connectivity index (χ2v) is 6.06. The van der Waals surface area contributed by atoms with Crippen LogP contribution >= 0.6 is 0 Å². The molecule has 6 nitrogen and oxygen atoms in total. The van der Waals surface area contributed by atoms with Crippen LogP contribution in [-0.4, -0.2) is 45.2 Å². The minimum atomic E-state index is -0.0460. The molecular formula is C18H18N4O2. The molecule has 0 bridgehead atoms. The summed E-state index contributed by atoms with van der Waals surface area (Å²) >= 11 is 0. The quantitative estimate of drug-likeness (QED) is 0.804. The van der Waals surface area contributed by atoms with Gasteiger partial charge in [-0.15, -0.1) is 5.10 Å². The van der Waals surface area contributed by atoms with Crippen LogP contribution in [0.1, 0.15) is 22.6 Å². The highest BCUT2D eigenvalue weighted by atomic mass is 16.5. The summed E-state index contributed by atoms with van der Waals surface area (Å²) in [6.07, 6.45) is 0.747. The van der Waals surface area contributed by atoms with E-state index in [9.17, 15) is 4.79 Å². The van der Waals surface area contributed by atoms with E-state index < -0.39 is 0 Å². The minimum absolute atomic E-state index is 0.00675. The first-order valence-electron chi connectivity index (χ1n) is 8.03. The van der Waals surface area contributed by atoms with Crippen LogP contribution in [0.2, 0.25) is 0 Å². The van der Waals surface area contributed by atoms with Gasteiger partial charge in [0.15, 0.2) is 0 Å². The molecule has 2 aromatic heterocycles.